The molecule has 0 aromatic heterocycles. The molecule has 0 aliphatic heterocycles. The average molecular weight is 350 g/mol. The van der Waals surface area contributed by atoms with Gasteiger partial charge in [-0.3, -0.25) is 15.8 Å². The highest BCUT2D eigenvalue weighted by molar-refractivity contribution is 6.35. The van der Waals surface area contributed by atoms with E-state index in [0.717, 1.165) is 5.56 Å². The monoisotopic (exact) mass is 349 g/mol. The van der Waals surface area contributed by atoms with E-state index in [0.29, 0.717) is 10.7 Å². The fourth-order valence-corrected chi connectivity index (χ4v) is 1.91. The normalized spacial score (nSPS) is 11.0. The van der Waals surface area contributed by atoms with Crippen LogP contribution in [0.4, 0.5) is 10.1 Å². The highest BCUT2D eigenvalue weighted by Crippen LogP contribution is 2.12. The van der Waals surface area contributed by atoms with Gasteiger partial charge in [0.1, 0.15) is 5.82 Å². The fourth-order valence-electron chi connectivity index (χ4n) is 1.78. The van der Waals surface area contributed by atoms with Crippen molar-refractivity contribution in [1.29, 1.82) is 0 Å². The molecule has 24 heavy (non-hydrogen) atoms. The second-order valence-electron chi connectivity index (χ2n) is 4.77. The lowest BCUT2D eigenvalue weighted by Gasteiger charge is -2.11. The van der Waals surface area contributed by atoms with E-state index in [9.17, 15) is 9.18 Å². The number of amidine groups is 1. The van der Waals surface area contributed by atoms with Gasteiger partial charge < -0.3 is 4.74 Å². The molecule has 0 unspecified atom stereocenters. The van der Waals surface area contributed by atoms with Crippen LogP contribution in [0.3, 0.4) is 0 Å². The minimum atomic E-state index is -0.582. The third-order valence-corrected chi connectivity index (χ3v) is 3.22. The highest BCUT2D eigenvalue weighted by atomic mass is 35.5. The van der Waals surface area contributed by atoms with Gasteiger partial charge in [-0.2, -0.15) is 0 Å². The molecule has 0 radical (unpaired) electrons. The number of aliphatic imine (C=N–C) groups is 1. The van der Waals surface area contributed by atoms with Crippen molar-refractivity contribution in [2.24, 2.45) is 4.99 Å². The van der Waals surface area contributed by atoms with Gasteiger partial charge in [-0.1, -0.05) is 23.7 Å². The van der Waals surface area contributed by atoms with Crippen molar-refractivity contribution in [3.63, 3.8) is 0 Å². The van der Waals surface area contributed by atoms with E-state index in [1.165, 1.54) is 12.1 Å². The van der Waals surface area contributed by atoms with Crippen LogP contribution < -0.4 is 10.9 Å². The summed E-state index contributed by atoms with van der Waals surface area (Å²) < 4.78 is 17.9. The lowest BCUT2D eigenvalue weighted by molar-refractivity contribution is -0.135. The summed E-state index contributed by atoms with van der Waals surface area (Å²) in [6.45, 7) is 2.16. The lowest BCUT2D eigenvalue weighted by atomic mass is 10.2. The number of ether oxygens (including phenoxy) is 1. The molecule has 0 bridgehead atoms. The summed E-state index contributed by atoms with van der Waals surface area (Å²) in [7, 11) is 0. The second-order valence-corrected chi connectivity index (χ2v) is 5.21. The van der Waals surface area contributed by atoms with Crippen LogP contribution in [-0.4, -0.2) is 18.4 Å². The van der Waals surface area contributed by atoms with Crippen molar-refractivity contribution in [3.05, 3.63) is 64.9 Å². The molecule has 0 saturated carbocycles. The van der Waals surface area contributed by atoms with Crippen LogP contribution in [0.2, 0.25) is 5.02 Å². The number of benzene rings is 2. The summed E-state index contributed by atoms with van der Waals surface area (Å²) in [6, 6.07) is 12.8. The average Bonchev–Trinajstić information content (AvgIpc) is 2.58. The first-order valence-electron chi connectivity index (χ1n) is 7.32. The summed E-state index contributed by atoms with van der Waals surface area (Å²) in [5, 5.41) is 0.608. The Morgan fingerprint density at radius 3 is 2.46 bits per heavy atom. The molecule has 2 N–H and O–H groups in total. The molecule has 2 aromatic rings. The van der Waals surface area contributed by atoms with E-state index in [1.54, 1.807) is 43.3 Å². The van der Waals surface area contributed by atoms with Gasteiger partial charge in [-0.05, 0) is 48.9 Å². The van der Waals surface area contributed by atoms with Crippen molar-refractivity contribution in [2.45, 2.75) is 13.5 Å². The maximum atomic E-state index is 12.9. The molecule has 0 heterocycles. The second kappa shape index (κ2) is 8.88. The number of carbonyl (C=O) groups is 1. The molecule has 0 saturated heterocycles. The Morgan fingerprint density at radius 1 is 1.17 bits per heavy atom. The smallest absolute Gasteiger partial charge is 0.375 e. The minimum absolute atomic E-state index is 0.0242. The Morgan fingerprint density at radius 2 is 1.83 bits per heavy atom. The SMILES string of the molecule is CCOC(=O)C(=NCc1ccc(F)cc1)NNc1ccc(Cl)cc1. The Hall–Kier alpha value is -2.60. The van der Waals surface area contributed by atoms with E-state index in [-0.39, 0.29) is 24.8 Å². The third-order valence-electron chi connectivity index (χ3n) is 2.97. The van der Waals surface area contributed by atoms with Crippen LogP contribution >= 0.6 is 11.6 Å². The maximum Gasteiger partial charge on any atom is 0.375 e. The fraction of sp³-hybridized carbons (Fsp3) is 0.176. The van der Waals surface area contributed by atoms with Gasteiger partial charge in [0.05, 0.1) is 18.8 Å². The molecule has 0 aliphatic carbocycles. The first-order valence-corrected chi connectivity index (χ1v) is 7.70. The number of nitrogens with zero attached hydrogens (tertiary/aromatic N) is 1. The number of carbonyl (C=O) groups excluding carboxylic acids is 1. The highest BCUT2D eigenvalue weighted by Gasteiger charge is 2.12. The molecule has 7 heteroatoms. The lowest BCUT2D eigenvalue weighted by Crippen LogP contribution is -2.37. The van der Waals surface area contributed by atoms with Gasteiger partial charge in [-0.25, -0.2) is 9.18 Å². The van der Waals surface area contributed by atoms with Crippen LogP contribution in [0.5, 0.6) is 0 Å². The number of hydrogen-bond donors (Lipinski definition) is 2. The molecule has 2 aromatic carbocycles. The van der Waals surface area contributed by atoms with Gasteiger partial charge >= 0.3 is 5.97 Å². The molecule has 0 spiro atoms. The van der Waals surface area contributed by atoms with Gasteiger partial charge in [-0.15, -0.1) is 0 Å². The molecule has 0 fully saturated rings. The van der Waals surface area contributed by atoms with Crippen LogP contribution in [0.15, 0.2) is 53.5 Å². The topological polar surface area (TPSA) is 62.7 Å². The zero-order valence-electron chi connectivity index (χ0n) is 13.1. The molecule has 2 rings (SSSR count). The van der Waals surface area contributed by atoms with Crippen molar-refractivity contribution in [1.82, 2.24) is 5.43 Å². The Kier molecular flexibility index (Phi) is 6.57. The molecular formula is C17H17ClFN3O2. The van der Waals surface area contributed by atoms with Gasteiger partial charge in [0.15, 0.2) is 0 Å². The number of esters is 1. The van der Waals surface area contributed by atoms with E-state index in [4.69, 9.17) is 16.3 Å². The first kappa shape index (κ1) is 17.7. The number of rotatable bonds is 5. The molecule has 0 amide bonds. The largest absolute Gasteiger partial charge is 0.460 e. The van der Waals surface area contributed by atoms with Crippen molar-refractivity contribution in [2.75, 3.05) is 12.0 Å². The third kappa shape index (κ3) is 5.55. The van der Waals surface area contributed by atoms with Crippen LogP contribution in [0.25, 0.3) is 0 Å². The predicted molar refractivity (Wildman–Crippen MR) is 92.4 cm³/mol. The molecule has 5 nitrogen and oxygen atoms in total. The van der Waals surface area contributed by atoms with Gasteiger partial charge in [0, 0.05) is 5.02 Å². The first-order chi connectivity index (χ1) is 11.6. The van der Waals surface area contributed by atoms with Crippen molar-refractivity contribution >= 4 is 29.1 Å². The van der Waals surface area contributed by atoms with Gasteiger partial charge in [0.2, 0.25) is 5.84 Å². The predicted octanol–water partition coefficient (Wildman–Crippen LogP) is 3.56. The van der Waals surface area contributed by atoms with Crippen LogP contribution in [0, 0.1) is 5.82 Å². The van der Waals surface area contributed by atoms with E-state index in [1.807, 2.05) is 0 Å². The summed E-state index contributed by atoms with van der Waals surface area (Å²) in [4.78, 5) is 16.2. The molecule has 0 atom stereocenters. The summed E-state index contributed by atoms with van der Waals surface area (Å²) >= 11 is 5.82. The van der Waals surface area contributed by atoms with Crippen molar-refractivity contribution in [3.8, 4) is 0 Å². The van der Waals surface area contributed by atoms with E-state index in [2.05, 4.69) is 15.8 Å². The summed E-state index contributed by atoms with van der Waals surface area (Å²) in [5.41, 5.74) is 7.06. The molecule has 0 aliphatic rings. The van der Waals surface area contributed by atoms with Crippen molar-refractivity contribution < 1.29 is 13.9 Å². The quantitative estimate of drug-likeness (QED) is 0.375. The number of nitrogens with one attached hydrogen (secondary N) is 2. The molecule has 126 valence electrons. The maximum absolute atomic E-state index is 12.9. The zero-order valence-corrected chi connectivity index (χ0v) is 13.8. The molecular weight excluding hydrogens is 333 g/mol. The summed E-state index contributed by atoms with van der Waals surface area (Å²) in [5.74, 6) is -0.881. The summed E-state index contributed by atoms with van der Waals surface area (Å²) in [6.07, 6.45) is 0. The van der Waals surface area contributed by atoms with E-state index >= 15 is 0 Å². The Balaban J connectivity index is 2.05. The van der Waals surface area contributed by atoms with E-state index < -0.39 is 5.97 Å². The number of anilines is 1. The Labute approximate surface area is 144 Å². The number of hydrogen-bond acceptors (Lipinski definition) is 4. The van der Waals surface area contributed by atoms with Crippen LogP contribution in [0.1, 0.15) is 12.5 Å². The zero-order chi connectivity index (χ0) is 17.4. The number of hydrazine groups is 1. The van der Waals surface area contributed by atoms with Crippen LogP contribution in [-0.2, 0) is 16.1 Å². The Bertz CT molecular complexity index is 703. The van der Waals surface area contributed by atoms with Gasteiger partial charge in [0.25, 0.3) is 0 Å². The standard InChI is InChI=1S/C17H17ClFN3O2/c1-2-24-17(23)16(20-11-12-3-7-14(19)8-4-12)22-21-15-9-5-13(18)6-10-15/h3-10,21H,2,11H2,1H3,(H,20,22). The number of halogens is 2. The minimum Gasteiger partial charge on any atom is -0.460 e.